The van der Waals surface area contributed by atoms with Gasteiger partial charge in [-0.3, -0.25) is 0 Å². The van der Waals surface area contributed by atoms with Crippen LogP contribution in [0.5, 0.6) is 0 Å². The first-order chi connectivity index (χ1) is 8.31. The fraction of sp³-hybridized carbons (Fsp3) is 0.417. The Labute approximate surface area is 99.3 Å². The topological polar surface area (TPSA) is 54.5 Å². The van der Waals surface area contributed by atoms with Crippen molar-refractivity contribution in [2.75, 3.05) is 0 Å². The van der Waals surface area contributed by atoms with Crippen molar-refractivity contribution in [2.45, 2.75) is 32.6 Å². The van der Waals surface area contributed by atoms with Crippen LogP contribution in [0, 0.1) is 5.82 Å². The summed E-state index contributed by atoms with van der Waals surface area (Å²) < 4.78 is 13.2. The maximum Gasteiger partial charge on any atom is 0.205 e. The van der Waals surface area contributed by atoms with Gasteiger partial charge in [0.25, 0.3) is 0 Å². The third kappa shape index (κ3) is 2.87. The van der Waals surface area contributed by atoms with E-state index in [1.807, 2.05) is 0 Å². The third-order valence-corrected chi connectivity index (χ3v) is 2.71. The van der Waals surface area contributed by atoms with E-state index in [1.165, 1.54) is 25.0 Å². The Morgan fingerprint density at radius 2 is 2.18 bits per heavy atom. The van der Waals surface area contributed by atoms with Gasteiger partial charge in [0.2, 0.25) is 5.82 Å². The summed E-state index contributed by atoms with van der Waals surface area (Å²) in [5, 5.41) is 13.7. The number of benzene rings is 1. The van der Waals surface area contributed by atoms with Crippen molar-refractivity contribution in [1.29, 1.82) is 0 Å². The van der Waals surface area contributed by atoms with Gasteiger partial charge in [0, 0.05) is 5.56 Å². The van der Waals surface area contributed by atoms with Gasteiger partial charge >= 0.3 is 0 Å². The fourth-order valence-corrected chi connectivity index (χ4v) is 1.82. The van der Waals surface area contributed by atoms with E-state index in [-0.39, 0.29) is 5.82 Å². The first kappa shape index (κ1) is 11.7. The highest BCUT2D eigenvalue weighted by molar-refractivity contribution is 5.59. The number of rotatable bonds is 5. The van der Waals surface area contributed by atoms with Crippen molar-refractivity contribution in [1.82, 2.24) is 20.6 Å². The molecule has 1 aromatic heterocycles. The van der Waals surface area contributed by atoms with Gasteiger partial charge in [-0.05, 0) is 35.8 Å². The zero-order chi connectivity index (χ0) is 12.1. The summed E-state index contributed by atoms with van der Waals surface area (Å²) in [5.41, 5.74) is 1.80. The van der Waals surface area contributed by atoms with Crippen LogP contribution < -0.4 is 0 Å². The van der Waals surface area contributed by atoms with Crippen LogP contribution in [-0.4, -0.2) is 20.6 Å². The second-order valence-corrected chi connectivity index (χ2v) is 3.99. The Morgan fingerprint density at radius 1 is 1.29 bits per heavy atom. The summed E-state index contributed by atoms with van der Waals surface area (Å²) in [7, 11) is 0. The average molecular weight is 234 g/mol. The van der Waals surface area contributed by atoms with Crippen molar-refractivity contribution in [3.63, 3.8) is 0 Å². The fourth-order valence-electron chi connectivity index (χ4n) is 1.82. The molecule has 0 aliphatic heterocycles. The number of hydrogen-bond donors (Lipinski definition) is 1. The van der Waals surface area contributed by atoms with Crippen LogP contribution in [0.1, 0.15) is 31.7 Å². The number of nitrogens with one attached hydrogen (secondary N) is 1. The number of nitrogens with zero attached hydrogens (tertiary/aromatic N) is 3. The molecule has 0 fully saturated rings. The van der Waals surface area contributed by atoms with E-state index in [2.05, 4.69) is 27.5 Å². The number of aromatic amines is 1. The molecule has 4 nitrogen and oxygen atoms in total. The molecule has 5 heteroatoms. The lowest BCUT2D eigenvalue weighted by atomic mass is 10.0. The summed E-state index contributed by atoms with van der Waals surface area (Å²) in [6, 6.07) is 4.74. The van der Waals surface area contributed by atoms with E-state index in [0.717, 1.165) is 24.0 Å². The molecule has 0 radical (unpaired) electrons. The van der Waals surface area contributed by atoms with Gasteiger partial charge < -0.3 is 0 Å². The Kier molecular flexibility index (Phi) is 3.80. The maximum atomic E-state index is 13.2. The van der Waals surface area contributed by atoms with Crippen LogP contribution in [0.15, 0.2) is 18.2 Å². The van der Waals surface area contributed by atoms with E-state index in [1.54, 1.807) is 6.07 Å². The highest BCUT2D eigenvalue weighted by atomic mass is 19.1. The summed E-state index contributed by atoms with van der Waals surface area (Å²) >= 11 is 0. The number of aromatic nitrogens is 4. The van der Waals surface area contributed by atoms with Crippen LogP contribution in [0.2, 0.25) is 0 Å². The molecule has 0 spiro atoms. The lowest BCUT2D eigenvalue weighted by molar-refractivity contribution is 0.626. The van der Waals surface area contributed by atoms with E-state index in [0.29, 0.717) is 5.82 Å². The summed E-state index contributed by atoms with van der Waals surface area (Å²) in [6.45, 7) is 2.16. The molecular weight excluding hydrogens is 219 g/mol. The summed E-state index contributed by atoms with van der Waals surface area (Å²) in [4.78, 5) is 0. The van der Waals surface area contributed by atoms with Crippen LogP contribution in [0.3, 0.4) is 0 Å². The van der Waals surface area contributed by atoms with Crippen LogP contribution in [0.25, 0.3) is 11.4 Å². The number of hydrogen-bond acceptors (Lipinski definition) is 3. The van der Waals surface area contributed by atoms with Gasteiger partial charge in [-0.25, -0.2) is 4.39 Å². The molecule has 0 unspecified atom stereocenters. The first-order valence-electron chi connectivity index (χ1n) is 5.83. The van der Waals surface area contributed by atoms with Gasteiger partial charge in [0.05, 0.1) is 0 Å². The van der Waals surface area contributed by atoms with E-state index in [9.17, 15) is 4.39 Å². The molecule has 0 saturated carbocycles. The molecule has 1 heterocycles. The SMILES string of the molecule is CCCCCc1ccc(F)cc1-c1nn[nH]n1. The minimum atomic E-state index is -0.274. The van der Waals surface area contributed by atoms with E-state index in [4.69, 9.17) is 0 Å². The molecule has 0 bridgehead atoms. The van der Waals surface area contributed by atoms with Gasteiger partial charge in [-0.1, -0.05) is 25.8 Å². The monoisotopic (exact) mass is 234 g/mol. The second kappa shape index (κ2) is 5.52. The smallest absolute Gasteiger partial charge is 0.205 e. The lowest BCUT2D eigenvalue weighted by Crippen LogP contribution is -1.93. The minimum Gasteiger partial charge on any atom is -0.207 e. The highest BCUT2D eigenvalue weighted by Gasteiger charge is 2.10. The number of aryl methyl sites for hydroxylation is 1. The van der Waals surface area contributed by atoms with Crippen LogP contribution >= 0.6 is 0 Å². The van der Waals surface area contributed by atoms with Crippen molar-refractivity contribution >= 4 is 0 Å². The third-order valence-electron chi connectivity index (χ3n) is 2.71. The zero-order valence-electron chi connectivity index (χ0n) is 9.78. The molecular formula is C12H15FN4. The Bertz CT molecular complexity index is 467. The largest absolute Gasteiger partial charge is 0.207 e. The highest BCUT2D eigenvalue weighted by Crippen LogP contribution is 2.22. The zero-order valence-corrected chi connectivity index (χ0v) is 9.78. The number of tetrazole rings is 1. The molecule has 1 aromatic carbocycles. The molecule has 90 valence electrons. The van der Waals surface area contributed by atoms with Crippen molar-refractivity contribution in [3.05, 3.63) is 29.6 Å². The number of H-pyrrole nitrogens is 1. The van der Waals surface area contributed by atoms with Crippen molar-refractivity contribution < 1.29 is 4.39 Å². The van der Waals surface area contributed by atoms with Crippen molar-refractivity contribution in [3.8, 4) is 11.4 Å². The standard InChI is InChI=1S/C12H15FN4/c1-2-3-4-5-9-6-7-10(13)8-11(9)12-14-16-17-15-12/h6-8H,2-5H2,1H3,(H,14,15,16,17). The molecule has 2 aromatic rings. The Morgan fingerprint density at radius 3 is 2.88 bits per heavy atom. The quantitative estimate of drug-likeness (QED) is 0.809. The van der Waals surface area contributed by atoms with Crippen LogP contribution in [-0.2, 0) is 6.42 Å². The first-order valence-corrected chi connectivity index (χ1v) is 5.83. The Hall–Kier alpha value is -1.78. The maximum absolute atomic E-state index is 13.2. The van der Waals surface area contributed by atoms with Crippen LogP contribution in [0.4, 0.5) is 4.39 Å². The van der Waals surface area contributed by atoms with Crippen molar-refractivity contribution in [2.24, 2.45) is 0 Å². The minimum absolute atomic E-state index is 0.274. The predicted molar refractivity (Wildman–Crippen MR) is 62.8 cm³/mol. The second-order valence-electron chi connectivity index (χ2n) is 3.99. The summed E-state index contributed by atoms with van der Waals surface area (Å²) in [6.07, 6.45) is 4.34. The molecule has 2 rings (SSSR count). The normalized spacial score (nSPS) is 10.7. The van der Waals surface area contributed by atoms with E-state index >= 15 is 0 Å². The Balaban J connectivity index is 2.25. The van der Waals surface area contributed by atoms with Gasteiger partial charge in [0.15, 0.2) is 0 Å². The van der Waals surface area contributed by atoms with Gasteiger partial charge in [0.1, 0.15) is 5.82 Å². The molecule has 1 N–H and O–H groups in total. The molecule has 0 aliphatic carbocycles. The number of halogens is 1. The molecule has 0 amide bonds. The lowest BCUT2D eigenvalue weighted by Gasteiger charge is -2.06. The van der Waals surface area contributed by atoms with E-state index < -0.39 is 0 Å². The molecule has 0 atom stereocenters. The molecule has 17 heavy (non-hydrogen) atoms. The van der Waals surface area contributed by atoms with Gasteiger partial charge in [-0.2, -0.15) is 5.21 Å². The number of unbranched alkanes of at least 4 members (excludes halogenated alkanes) is 2. The van der Waals surface area contributed by atoms with Gasteiger partial charge in [-0.15, -0.1) is 10.2 Å². The molecule has 0 saturated heterocycles. The average Bonchev–Trinajstić information content (AvgIpc) is 2.85. The predicted octanol–water partition coefficient (Wildman–Crippen LogP) is 2.74. The summed E-state index contributed by atoms with van der Waals surface area (Å²) in [5.74, 6) is 0.181. The molecule has 0 aliphatic rings.